The van der Waals surface area contributed by atoms with Gasteiger partial charge in [-0.1, -0.05) is 27.7 Å². The maximum absolute atomic E-state index is 5.99. The van der Waals surface area contributed by atoms with Crippen LogP contribution in [0.3, 0.4) is 0 Å². The second-order valence-electron chi connectivity index (χ2n) is 6.28. The van der Waals surface area contributed by atoms with Gasteiger partial charge >= 0.3 is 0 Å². The van der Waals surface area contributed by atoms with Crippen LogP contribution >= 0.6 is 0 Å². The Hall–Kier alpha value is -1.48. The first-order valence-electron chi connectivity index (χ1n) is 7.29. The van der Waals surface area contributed by atoms with E-state index in [-0.39, 0.29) is 11.5 Å². The second-order valence-corrected chi connectivity index (χ2v) is 6.28. The number of benzene rings is 1. The summed E-state index contributed by atoms with van der Waals surface area (Å²) in [4.78, 5) is 0. The summed E-state index contributed by atoms with van der Waals surface area (Å²) in [6.07, 6.45) is 1.01. The van der Waals surface area contributed by atoms with E-state index in [1.54, 1.807) is 0 Å². The average molecular weight is 275 g/mol. The van der Waals surface area contributed by atoms with E-state index in [9.17, 15) is 0 Å². The van der Waals surface area contributed by atoms with Crippen LogP contribution in [-0.4, -0.2) is 13.7 Å². The first-order valence-corrected chi connectivity index (χ1v) is 7.29. The Bertz CT molecular complexity index is 566. The fourth-order valence-electron chi connectivity index (χ4n) is 2.50. The molecule has 1 aromatic carbocycles. The molecule has 0 saturated carbocycles. The van der Waals surface area contributed by atoms with Gasteiger partial charge in [-0.15, -0.1) is 0 Å². The molecule has 1 heterocycles. The topological polar surface area (TPSA) is 34.4 Å². The highest BCUT2D eigenvalue weighted by Crippen LogP contribution is 2.36. The van der Waals surface area contributed by atoms with Gasteiger partial charge in [0.05, 0.1) is 12.6 Å². The Morgan fingerprint density at radius 3 is 2.60 bits per heavy atom. The van der Waals surface area contributed by atoms with Gasteiger partial charge in [0.25, 0.3) is 0 Å². The van der Waals surface area contributed by atoms with Crippen molar-refractivity contribution in [1.82, 2.24) is 5.32 Å². The smallest absolute Gasteiger partial charge is 0.134 e. The summed E-state index contributed by atoms with van der Waals surface area (Å²) in [7, 11) is 1.97. The largest absolute Gasteiger partial charge is 0.494 e. The molecule has 0 saturated heterocycles. The quantitative estimate of drug-likeness (QED) is 0.870. The van der Waals surface area contributed by atoms with Crippen molar-refractivity contribution in [1.29, 1.82) is 0 Å². The maximum atomic E-state index is 5.99. The van der Waals surface area contributed by atoms with Crippen LogP contribution in [0, 0.1) is 5.41 Å². The molecule has 20 heavy (non-hydrogen) atoms. The number of fused-ring (bicyclic) bond motifs is 1. The fraction of sp³-hybridized carbons (Fsp3) is 0.529. The monoisotopic (exact) mass is 275 g/mol. The lowest BCUT2D eigenvalue weighted by Crippen LogP contribution is -2.29. The number of hydrogen-bond acceptors (Lipinski definition) is 3. The van der Waals surface area contributed by atoms with E-state index in [4.69, 9.17) is 9.15 Å². The normalized spacial score (nSPS) is 13.7. The zero-order valence-electron chi connectivity index (χ0n) is 13.1. The Labute approximate surface area is 121 Å². The van der Waals surface area contributed by atoms with Gasteiger partial charge in [-0.05, 0) is 43.1 Å². The summed E-state index contributed by atoms with van der Waals surface area (Å²) in [6, 6.07) is 8.30. The predicted octanol–water partition coefficient (Wildman–Crippen LogP) is 4.53. The molecule has 1 atom stereocenters. The number of ether oxygens (including phenoxy) is 1. The molecular formula is C17H25NO2. The molecule has 0 fully saturated rings. The van der Waals surface area contributed by atoms with Crippen molar-refractivity contribution in [2.24, 2.45) is 5.41 Å². The van der Waals surface area contributed by atoms with E-state index in [0.29, 0.717) is 0 Å². The lowest BCUT2D eigenvalue weighted by Gasteiger charge is -2.28. The van der Waals surface area contributed by atoms with E-state index in [2.05, 4.69) is 39.1 Å². The Morgan fingerprint density at radius 2 is 2.00 bits per heavy atom. The van der Waals surface area contributed by atoms with Gasteiger partial charge in [0.1, 0.15) is 17.1 Å². The molecule has 0 aliphatic carbocycles. The van der Waals surface area contributed by atoms with Gasteiger partial charge in [-0.3, -0.25) is 0 Å². The van der Waals surface area contributed by atoms with Crippen molar-refractivity contribution in [3.8, 4) is 5.75 Å². The molecule has 0 aliphatic heterocycles. The predicted molar refractivity (Wildman–Crippen MR) is 83.3 cm³/mol. The van der Waals surface area contributed by atoms with Crippen molar-refractivity contribution >= 4 is 11.0 Å². The average Bonchev–Trinajstić information content (AvgIpc) is 2.77. The van der Waals surface area contributed by atoms with Crippen LogP contribution in [-0.2, 0) is 0 Å². The minimum absolute atomic E-state index is 0.101. The first kappa shape index (κ1) is 14.9. The molecule has 2 rings (SSSR count). The summed E-state index contributed by atoms with van der Waals surface area (Å²) < 4.78 is 11.7. The summed E-state index contributed by atoms with van der Waals surface area (Å²) in [5, 5.41) is 4.44. The first-order chi connectivity index (χ1) is 9.45. The molecule has 3 heteroatoms. The molecule has 1 aromatic heterocycles. The summed E-state index contributed by atoms with van der Waals surface area (Å²) in [5.74, 6) is 1.88. The number of hydrogen-bond donors (Lipinski definition) is 1. The molecule has 110 valence electrons. The standard InChI is InChI=1S/C17H25NO2/c1-6-9-19-13-7-8-14-12(10-13)11-15(20-14)16(18-5)17(2,3)4/h7-8,10-11,16,18H,6,9H2,1-5H3. The van der Waals surface area contributed by atoms with Crippen LogP contribution in [0.1, 0.15) is 45.9 Å². The number of nitrogens with one attached hydrogen (secondary N) is 1. The Kier molecular flexibility index (Phi) is 4.39. The SMILES string of the molecule is CCCOc1ccc2oc(C(NC)C(C)(C)C)cc2c1. The summed E-state index contributed by atoms with van der Waals surface area (Å²) >= 11 is 0. The molecule has 0 amide bonds. The molecule has 1 N–H and O–H groups in total. The van der Waals surface area contributed by atoms with E-state index in [1.165, 1.54) is 0 Å². The third-order valence-electron chi connectivity index (χ3n) is 3.42. The highest BCUT2D eigenvalue weighted by atomic mass is 16.5. The van der Waals surface area contributed by atoms with Crippen LogP contribution in [0.4, 0.5) is 0 Å². The molecular weight excluding hydrogens is 250 g/mol. The van der Waals surface area contributed by atoms with E-state index in [0.717, 1.165) is 35.5 Å². The van der Waals surface area contributed by atoms with Gasteiger partial charge in [0.2, 0.25) is 0 Å². The third kappa shape index (κ3) is 3.15. The maximum Gasteiger partial charge on any atom is 0.134 e. The number of furan rings is 1. The summed E-state index contributed by atoms with van der Waals surface area (Å²) in [5.41, 5.74) is 1.01. The van der Waals surface area contributed by atoms with E-state index in [1.807, 2.05) is 25.2 Å². The van der Waals surface area contributed by atoms with Crippen molar-refractivity contribution in [3.63, 3.8) is 0 Å². The minimum Gasteiger partial charge on any atom is -0.494 e. The molecule has 2 aromatic rings. The van der Waals surface area contributed by atoms with Crippen molar-refractivity contribution in [2.45, 2.75) is 40.2 Å². The second kappa shape index (κ2) is 5.88. The minimum atomic E-state index is 0.101. The highest BCUT2D eigenvalue weighted by Gasteiger charge is 2.27. The molecule has 0 bridgehead atoms. The van der Waals surface area contributed by atoms with Crippen LogP contribution in [0.15, 0.2) is 28.7 Å². The van der Waals surface area contributed by atoms with Crippen LogP contribution in [0.25, 0.3) is 11.0 Å². The van der Waals surface area contributed by atoms with Gasteiger partial charge in [-0.25, -0.2) is 0 Å². The van der Waals surface area contributed by atoms with Crippen LogP contribution in [0.5, 0.6) is 5.75 Å². The fourth-order valence-corrected chi connectivity index (χ4v) is 2.50. The molecule has 3 nitrogen and oxygen atoms in total. The third-order valence-corrected chi connectivity index (χ3v) is 3.42. The van der Waals surface area contributed by atoms with Crippen LogP contribution < -0.4 is 10.1 Å². The Balaban J connectivity index is 2.33. The molecule has 1 unspecified atom stereocenters. The van der Waals surface area contributed by atoms with Gasteiger partial charge < -0.3 is 14.5 Å². The van der Waals surface area contributed by atoms with Crippen molar-refractivity contribution in [3.05, 3.63) is 30.0 Å². The van der Waals surface area contributed by atoms with E-state index >= 15 is 0 Å². The van der Waals surface area contributed by atoms with Gasteiger partial charge in [0, 0.05) is 5.39 Å². The molecule has 0 aliphatic rings. The lowest BCUT2D eigenvalue weighted by molar-refractivity contribution is 0.253. The van der Waals surface area contributed by atoms with Gasteiger partial charge in [-0.2, -0.15) is 0 Å². The Morgan fingerprint density at radius 1 is 1.25 bits per heavy atom. The van der Waals surface area contributed by atoms with Gasteiger partial charge in [0.15, 0.2) is 0 Å². The number of rotatable bonds is 5. The summed E-state index contributed by atoms with van der Waals surface area (Å²) in [6.45, 7) is 9.47. The van der Waals surface area contributed by atoms with Crippen molar-refractivity contribution < 1.29 is 9.15 Å². The lowest BCUT2D eigenvalue weighted by atomic mass is 9.85. The zero-order valence-corrected chi connectivity index (χ0v) is 13.1. The highest BCUT2D eigenvalue weighted by molar-refractivity contribution is 5.79. The zero-order chi connectivity index (χ0) is 14.8. The van der Waals surface area contributed by atoms with E-state index < -0.39 is 0 Å². The van der Waals surface area contributed by atoms with Crippen molar-refractivity contribution in [2.75, 3.05) is 13.7 Å². The molecule has 0 spiro atoms. The molecule has 0 radical (unpaired) electrons. The van der Waals surface area contributed by atoms with Crippen LogP contribution in [0.2, 0.25) is 0 Å².